The average Bonchev–Trinajstić information content (AvgIpc) is 3.47. The molecule has 4 rings (SSSR count). The zero-order valence-corrected chi connectivity index (χ0v) is 15.4. The van der Waals surface area contributed by atoms with Crippen molar-refractivity contribution in [2.45, 2.75) is 31.6 Å². The van der Waals surface area contributed by atoms with E-state index in [2.05, 4.69) is 34.8 Å². The van der Waals surface area contributed by atoms with E-state index in [4.69, 9.17) is 5.73 Å². The summed E-state index contributed by atoms with van der Waals surface area (Å²) in [6.45, 7) is 2.29. The second kappa shape index (κ2) is 6.37. The van der Waals surface area contributed by atoms with E-state index >= 15 is 0 Å². The monoisotopic (exact) mass is 367 g/mol. The number of nitrogens with one attached hydrogen (secondary N) is 1. The van der Waals surface area contributed by atoms with Crippen LogP contribution < -0.4 is 10.5 Å². The van der Waals surface area contributed by atoms with Gasteiger partial charge in [0.15, 0.2) is 0 Å². The van der Waals surface area contributed by atoms with Crippen molar-refractivity contribution in [3.63, 3.8) is 0 Å². The minimum Gasteiger partial charge on any atom is -0.383 e. The number of aromatic nitrogens is 1. The molecule has 3 N–H and O–H groups in total. The van der Waals surface area contributed by atoms with E-state index in [0.717, 1.165) is 40.3 Å². The van der Waals surface area contributed by atoms with Gasteiger partial charge < -0.3 is 5.73 Å². The molecule has 0 saturated heterocycles. The molecule has 1 fully saturated rings. The molecule has 0 spiro atoms. The number of nitrogens with two attached hydrogens (primary N) is 1. The van der Waals surface area contributed by atoms with Crippen LogP contribution in [0, 0.1) is 6.92 Å². The first-order valence-electron chi connectivity index (χ1n) is 8.67. The molecule has 0 amide bonds. The van der Waals surface area contributed by atoms with Gasteiger partial charge in [-0.1, -0.05) is 42.0 Å². The Bertz CT molecular complexity index is 1090. The lowest BCUT2D eigenvalue weighted by molar-refractivity contribution is 0.580. The summed E-state index contributed by atoms with van der Waals surface area (Å²) in [6.07, 6.45) is 3.14. The molecular formula is C20H21N3O2S. The molecule has 2 aromatic carbocycles. The molecule has 1 saturated carbocycles. The number of fused-ring (bicyclic) bond motifs is 1. The maximum absolute atomic E-state index is 12.1. The smallest absolute Gasteiger partial charge is 0.214 e. The largest absolute Gasteiger partial charge is 0.383 e. The van der Waals surface area contributed by atoms with Gasteiger partial charge in [-0.05, 0) is 47.9 Å². The first kappa shape index (κ1) is 17.0. The van der Waals surface area contributed by atoms with Gasteiger partial charge in [0.2, 0.25) is 10.0 Å². The molecule has 0 atom stereocenters. The third-order valence-electron chi connectivity index (χ3n) is 4.78. The fourth-order valence-electron chi connectivity index (χ4n) is 3.14. The molecule has 6 heteroatoms. The summed E-state index contributed by atoms with van der Waals surface area (Å²) in [5, 5.41) is 1.53. The summed E-state index contributed by atoms with van der Waals surface area (Å²) in [6, 6.07) is 14.3. The molecule has 0 aliphatic heterocycles. The maximum atomic E-state index is 12.1. The molecule has 0 unspecified atom stereocenters. The van der Waals surface area contributed by atoms with Crippen LogP contribution in [0.2, 0.25) is 0 Å². The van der Waals surface area contributed by atoms with Crippen molar-refractivity contribution in [1.29, 1.82) is 0 Å². The predicted octanol–water partition coefficient (Wildman–Crippen LogP) is 3.37. The van der Waals surface area contributed by atoms with Crippen LogP contribution in [0.15, 0.2) is 48.7 Å². The Balaban J connectivity index is 1.71. The topological polar surface area (TPSA) is 85.1 Å². The number of anilines is 1. The van der Waals surface area contributed by atoms with Gasteiger partial charge in [-0.2, -0.15) is 0 Å². The van der Waals surface area contributed by atoms with Gasteiger partial charge in [0.25, 0.3) is 0 Å². The second-order valence-electron chi connectivity index (χ2n) is 6.86. The fraction of sp³-hybridized carbons (Fsp3) is 0.250. The minimum atomic E-state index is -3.23. The van der Waals surface area contributed by atoms with Crippen LogP contribution in [-0.2, 0) is 16.6 Å². The normalized spacial score (nSPS) is 14.7. The number of nitrogens with zero attached hydrogens (tertiary/aromatic N) is 1. The van der Waals surface area contributed by atoms with Crippen LogP contribution in [0.1, 0.15) is 24.0 Å². The summed E-state index contributed by atoms with van der Waals surface area (Å²) in [4.78, 5) is 4.26. The third kappa shape index (κ3) is 3.30. The van der Waals surface area contributed by atoms with Gasteiger partial charge in [-0.3, -0.25) is 0 Å². The Morgan fingerprint density at radius 3 is 2.62 bits per heavy atom. The number of benzene rings is 2. The molecule has 134 valence electrons. The van der Waals surface area contributed by atoms with Crippen molar-refractivity contribution < 1.29 is 8.42 Å². The first-order chi connectivity index (χ1) is 12.4. The van der Waals surface area contributed by atoms with E-state index in [1.807, 2.05) is 24.3 Å². The fourth-order valence-corrected chi connectivity index (χ4v) is 4.49. The second-order valence-corrected chi connectivity index (χ2v) is 8.91. The van der Waals surface area contributed by atoms with E-state index in [1.165, 1.54) is 5.56 Å². The highest BCUT2D eigenvalue weighted by Crippen LogP contribution is 2.30. The lowest BCUT2D eigenvalue weighted by Gasteiger charge is -2.11. The molecular weight excluding hydrogens is 346 g/mol. The summed E-state index contributed by atoms with van der Waals surface area (Å²) >= 11 is 0. The summed E-state index contributed by atoms with van der Waals surface area (Å²) < 4.78 is 26.9. The van der Waals surface area contributed by atoms with E-state index in [0.29, 0.717) is 5.82 Å². The number of nitrogen functional groups attached to an aromatic ring is 1. The van der Waals surface area contributed by atoms with Gasteiger partial charge >= 0.3 is 0 Å². The lowest BCUT2D eigenvalue weighted by atomic mass is 9.99. The highest BCUT2D eigenvalue weighted by molar-refractivity contribution is 7.90. The first-order valence-corrected chi connectivity index (χ1v) is 10.2. The molecule has 1 aliphatic rings. The molecule has 1 aromatic heterocycles. The highest BCUT2D eigenvalue weighted by atomic mass is 32.2. The van der Waals surface area contributed by atoms with Gasteiger partial charge in [0.05, 0.1) is 5.25 Å². The SMILES string of the molecule is Cc1cccc(-c2ccc3c(CNS(=O)(=O)C4CC4)cnc(N)c3c2)c1. The lowest BCUT2D eigenvalue weighted by Crippen LogP contribution is -2.26. The van der Waals surface area contributed by atoms with Crippen LogP contribution in [0.5, 0.6) is 0 Å². The highest BCUT2D eigenvalue weighted by Gasteiger charge is 2.35. The number of rotatable bonds is 5. The molecule has 3 aromatic rings. The van der Waals surface area contributed by atoms with Crippen molar-refractivity contribution in [3.8, 4) is 11.1 Å². The average molecular weight is 367 g/mol. The summed E-state index contributed by atoms with van der Waals surface area (Å²) in [5.74, 6) is 0.448. The maximum Gasteiger partial charge on any atom is 0.214 e. The van der Waals surface area contributed by atoms with Crippen LogP contribution in [0.3, 0.4) is 0 Å². The third-order valence-corrected chi connectivity index (χ3v) is 6.68. The Morgan fingerprint density at radius 1 is 1.12 bits per heavy atom. The zero-order valence-electron chi connectivity index (χ0n) is 14.6. The van der Waals surface area contributed by atoms with Gasteiger partial charge in [0, 0.05) is 18.1 Å². The van der Waals surface area contributed by atoms with Gasteiger partial charge in [-0.15, -0.1) is 0 Å². The molecule has 1 aliphatic carbocycles. The summed E-state index contributed by atoms with van der Waals surface area (Å²) in [7, 11) is -3.23. The van der Waals surface area contributed by atoms with E-state index in [1.54, 1.807) is 6.20 Å². The van der Waals surface area contributed by atoms with E-state index in [9.17, 15) is 8.42 Å². The van der Waals surface area contributed by atoms with Gasteiger partial charge in [0.1, 0.15) is 5.82 Å². The van der Waals surface area contributed by atoms with Crippen molar-refractivity contribution in [2.75, 3.05) is 5.73 Å². The Labute approximate surface area is 153 Å². The number of hydrogen-bond acceptors (Lipinski definition) is 4. The Morgan fingerprint density at radius 2 is 1.88 bits per heavy atom. The Hall–Kier alpha value is -2.44. The minimum absolute atomic E-state index is 0.229. The number of aryl methyl sites for hydroxylation is 1. The van der Waals surface area contributed by atoms with Crippen LogP contribution >= 0.6 is 0 Å². The van der Waals surface area contributed by atoms with E-state index in [-0.39, 0.29) is 11.8 Å². The van der Waals surface area contributed by atoms with Gasteiger partial charge in [-0.25, -0.2) is 18.1 Å². The van der Waals surface area contributed by atoms with Crippen molar-refractivity contribution in [1.82, 2.24) is 9.71 Å². The van der Waals surface area contributed by atoms with Crippen molar-refractivity contribution in [2.24, 2.45) is 0 Å². The molecule has 1 heterocycles. The van der Waals surface area contributed by atoms with Crippen LogP contribution in [0.25, 0.3) is 21.9 Å². The molecule has 0 bridgehead atoms. The zero-order chi connectivity index (χ0) is 18.3. The Kier molecular flexibility index (Phi) is 4.17. The molecule has 26 heavy (non-hydrogen) atoms. The molecule has 5 nitrogen and oxygen atoms in total. The number of sulfonamides is 1. The molecule has 0 radical (unpaired) electrons. The quantitative estimate of drug-likeness (QED) is 0.724. The summed E-state index contributed by atoms with van der Waals surface area (Å²) in [5.41, 5.74) is 10.3. The van der Waals surface area contributed by atoms with Crippen molar-refractivity contribution >= 4 is 26.6 Å². The van der Waals surface area contributed by atoms with Crippen LogP contribution in [0.4, 0.5) is 5.82 Å². The van der Waals surface area contributed by atoms with E-state index < -0.39 is 10.0 Å². The number of hydrogen-bond donors (Lipinski definition) is 2. The van der Waals surface area contributed by atoms with Crippen LogP contribution in [-0.4, -0.2) is 18.7 Å². The van der Waals surface area contributed by atoms with Crippen molar-refractivity contribution in [3.05, 3.63) is 59.8 Å². The standard InChI is InChI=1S/C20H21N3O2S/c1-13-3-2-4-14(9-13)15-5-8-18-16(11-22-20(21)19(18)10-15)12-23-26(24,25)17-6-7-17/h2-5,8-11,17,23H,6-7,12H2,1H3,(H2,21,22). The predicted molar refractivity (Wildman–Crippen MR) is 105 cm³/mol. The number of pyridine rings is 1.